The Kier molecular flexibility index (Phi) is 10.2. The molecule has 196 valence electrons. The van der Waals surface area contributed by atoms with Gasteiger partial charge in [0.25, 0.3) is 11.1 Å². The lowest BCUT2D eigenvalue weighted by atomic mass is 10.0. The number of hydrogen-bond donors (Lipinski definition) is 0. The van der Waals surface area contributed by atoms with Crippen molar-refractivity contribution >= 4 is 46.6 Å². The fourth-order valence-corrected chi connectivity index (χ4v) is 4.46. The van der Waals surface area contributed by atoms with Crippen LogP contribution in [-0.4, -0.2) is 41.3 Å². The van der Waals surface area contributed by atoms with E-state index in [0.29, 0.717) is 48.1 Å². The van der Waals surface area contributed by atoms with E-state index < -0.39 is 23.7 Å². The van der Waals surface area contributed by atoms with Crippen molar-refractivity contribution in [3.05, 3.63) is 75.7 Å². The summed E-state index contributed by atoms with van der Waals surface area (Å²) in [5, 5.41) is 0.129. The van der Waals surface area contributed by atoms with Gasteiger partial charge in [-0.2, -0.15) is 0 Å². The predicted octanol–water partition coefficient (Wildman–Crippen LogP) is 6.42. The number of ether oxygens (including phenoxy) is 3. The van der Waals surface area contributed by atoms with Crippen molar-refractivity contribution in [1.29, 1.82) is 0 Å². The van der Waals surface area contributed by atoms with Gasteiger partial charge in [-0.3, -0.25) is 19.3 Å². The summed E-state index contributed by atoms with van der Waals surface area (Å²) in [7, 11) is 0. The maximum atomic E-state index is 12.9. The summed E-state index contributed by atoms with van der Waals surface area (Å²) in [5.74, 6) is -0.0671. The van der Waals surface area contributed by atoms with Crippen LogP contribution in [0.15, 0.2) is 54.0 Å². The molecule has 0 aliphatic carbocycles. The number of halogens is 1. The molecule has 0 saturated carbocycles. The average Bonchev–Trinajstić information content (AvgIpc) is 3.12. The van der Waals surface area contributed by atoms with Crippen LogP contribution in [0.1, 0.15) is 43.9 Å². The van der Waals surface area contributed by atoms with Crippen LogP contribution in [0.5, 0.6) is 11.5 Å². The number of allylic oxidation sites excluding steroid dienone is 1. The molecule has 2 aromatic rings. The molecule has 0 unspecified atom stereocenters. The first kappa shape index (κ1) is 28.3. The first-order valence-electron chi connectivity index (χ1n) is 12.0. The van der Waals surface area contributed by atoms with Crippen LogP contribution in [0.3, 0.4) is 0 Å². The van der Waals surface area contributed by atoms with Crippen molar-refractivity contribution < 1.29 is 28.6 Å². The van der Waals surface area contributed by atoms with Crippen LogP contribution < -0.4 is 9.47 Å². The first-order chi connectivity index (χ1) is 17.7. The molecular weight excluding hydrogens is 514 g/mol. The minimum absolute atomic E-state index is 0.211. The number of thioether (sulfide) groups is 1. The number of hydrogen-bond acceptors (Lipinski definition) is 7. The Hall–Kier alpha value is -3.23. The SMILES string of the molecule is C=CCc1cc(/C=C2\SC(=O)N(CC(=O)O[C@H](C)CC)C2=O)cc(OCC)c1OCc1ccc(Cl)cc1. The highest BCUT2D eigenvalue weighted by Gasteiger charge is 2.37. The van der Waals surface area contributed by atoms with Crippen molar-refractivity contribution in [3.8, 4) is 11.5 Å². The van der Waals surface area contributed by atoms with E-state index >= 15 is 0 Å². The van der Waals surface area contributed by atoms with E-state index in [1.807, 2.05) is 32.0 Å². The van der Waals surface area contributed by atoms with Gasteiger partial charge in [-0.15, -0.1) is 6.58 Å². The van der Waals surface area contributed by atoms with Crippen LogP contribution in [0, 0.1) is 0 Å². The molecule has 7 nitrogen and oxygen atoms in total. The molecule has 1 saturated heterocycles. The molecule has 0 N–H and O–H groups in total. The second kappa shape index (κ2) is 13.4. The Morgan fingerprint density at radius 3 is 2.54 bits per heavy atom. The van der Waals surface area contributed by atoms with Gasteiger partial charge in [-0.1, -0.05) is 36.7 Å². The summed E-state index contributed by atoms with van der Waals surface area (Å²) in [6.45, 7) is 9.64. The van der Waals surface area contributed by atoms with E-state index in [1.165, 1.54) is 0 Å². The Morgan fingerprint density at radius 2 is 1.89 bits per heavy atom. The van der Waals surface area contributed by atoms with Gasteiger partial charge >= 0.3 is 5.97 Å². The maximum absolute atomic E-state index is 12.9. The van der Waals surface area contributed by atoms with E-state index in [-0.39, 0.29) is 11.0 Å². The molecule has 3 rings (SSSR count). The fraction of sp³-hybridized carbons (Fsp3) is 0.321. The van der Waals surface area contributed by atoms with Crippen LogP contribution >= 0.6 is 23.4 Å². The summed E-state index contributed by atoms with van der Waals surface area (Å²) in [5.41, 5.74) is 2.42. The smallest absolute Gasteiger partial charge is 0.326 e. The Bertz CT molecular complexity index is 1190. The lowest BCUT2D eigenvalue weighted by Gasteiger charge is -2.17. The number of rotatable bonds is 12. The molecule has 0 radical (unpaired) electrons. The van der Waals surface area contributed by atoms with Crippen LogP contribution in [0.2, 0.25) is 5.02 Å². The summed E-state index contributed by atoms with van der Waals surface area (Å²) in [6, 6.07) is 11.0. The highest BCUT2D eigenvalue weighted by Crippen LogP contribution is 2.38. The standard InChI is InChI=1S/C28H30ClNO6S/c1-5-8-21-13-20(14-23(34-7-3)26(21)35-17-19-9-11-22(29)12-10-19)15-24-27(32)30(28(33)37-24)16-25(31)36-18(4)6-2/h5,9-15,18H,1,6-8,16-17H2,2-4H3/b24-15-/t18-/m1/s1. The molecule has 1 aliphatic rings. The number of imide groups is 1. The Balaban J connectivity index is 1.86. The van der Waals surface area contributed by atoms with Gasteiger partial charge in [0, 0.05) is 10.6 Å². The largest absolute Gasteiger partial charge is 0.490 e. The van der Waals surface area contributed by atoms with Crippen LogP contribution in [0.4, 0.5) is 4.79 Å². The predicted molar refractivity (Wildman–Crippen MR) is 146 cm³/mol. The monoisotopic (exact) mass is 543 g/mol. The van der Waals surface area contributed by atoms with Crippen molar-refractivity contribution in [2.75, 3.05) is 13.2 Å². The first-order valence-corrected chi connectivity index (χ1v) is 13.2. The zero-order valence-corrected chi connectivity index (χ0v) is 22.7. The van der Waals surface area contributed by atoms with E-state index in [0.717, 1.165) is 27.8 Å². The number of esters is 1. The average molecular weight is 544 g/mol. The third-order valence-electron chi connectivity index (χ3n) is 5.48. The van der Waals surface area contributed by atoms with Gasteiger partial charge in [-0.05, 0) is 79.9 Å². The van der Waals surface area contributed by atoms with E-state index in [9.17, 15) is 14.4 Å². The van der Waals surface area contributed by atoms with E-state index in [4.69, 9.17) is 25.8 Å². The minimum atomic E-state index is -0.619. The number of benzene rings is 2. The third-order valence-corrected chi connectivity index (χ3v) is 6.64. The fourth-order valence-electron chi connectivity index (χ4n) is 3.50. The number of nitrogens with zero attached hydrogens (tertiary/aromatic N) is 1. The molecule has 2 aromatic carbocycles. The normalized spacial score (nSPS) is 15.1. The van der Waals surface area contributed by atoms with Gasteiger partial charge in [-0.25, -0.2) is 0 Å². The molecule has 1 heterocycles. The molecule has 2 amide bonds. The lowest BCUT2D eigenvalue weighted by molar-refractivity contribution is -0.150. The number of amides is 2. The number of carbonyl (C=O) groups is 3. The van der Waals surface area contributed by atoms with Gasteiger partial charge in [0.1, 0.15) is 13.2 Å². The number of carbonyl (C=O) groups excluding carboxylic acids is 3. The molecular formula is C28H30ClNO6S. The van der Waals surface area contributed by atoms with Crippen molar-refractivity contribution in [2.45, 2.75) is 46.3 Å². The molecule has 1 fully saturated rings. The van der Waals surface area contributed by atoms with Gasteiger partial charge in [0.15, 0.2) is 11.5 Å². The third kappa shape index (κ3) is 7.63. The molecule has 0 spiro atoms. The van der Waals surface area contributed by atoms with Crippen LogP contribution in [-0.2, 0) is 27.4 Å². The second-order valence-electron chi connectivity index (χ2n) is 8.32. The Labute approximate surface area is 226 Å². The van der Waals surface area contributed by atoms with Gasteiger partial charge < -0.3 is 14.2 Å². The molecule has 1 aliphatic heterocycles. The quantitative estimate of drug-likeness (QED) is 0.173. The highest BCUT2D eigenvalue weighted by molar-refractivity contribution is 8.18. The Morgan fingerprint density at radius 1 is 1.16 bits per heavy atom. The maximum Gasteiger partial charge on any atom is 0.326 e. The molecule has 9 heteroatoms. The lowest BCUT2D eigenvalue weighted by Crippen LogP contribution is -2.35. The second-order valence-corrected chi connectivity index (χ2v) is 9.75. The molecule has 1 atom stereocenters. The molecule has 0 aromatic heterocycles. The topological polar surface area (TPSA) is 82.1 Å². The summed E-state index contributed by atoms with van der Waals surface area (Å²) < 4.78 is 17.2. The van der Waals surface area contributed by atoms with E-state index in [2.05, 4.69) is 6.58 Å². The van der Waals surface area contributed by atoms with Crippen molar-refractivity contribution in [3.63, 3.8) is 0 Å². The highest BCUT2D eigenvalue weighted by atomic mass is 35.5. The summed E-state index contributed by atoms with van der Waals surface area (Å²) in [6.07, 6.45) is 4.22. The zero-order valence-electron chi connectivity index (χ0n) is 21.1. The summed E-state index contributed by atoms with van der Waals surface area (Å²) >= 11 is 6.76. The minimum Gasteiger partial charge on any atom is -0.490 e. The van der Waals surface area contributed by atoms with E-state index in [1.54, 1.807) is 37.3 Å². The van der Waals surface area contributed by atoms with Crippen molar-refractivity contribution in [2.24, 2.45) is 0 Å². The molecule has 37 heavy (non-hydrogen) atoms. The molecule has 0 bridgehead atoms. The van der Waals surface area contributed by atoms with Gasteiger partial charge in [0.05, 0.1) is 17.6 Å². The zero-order chi connectivity index (χ0) is 26.9. The van der Waals surface area contributed by atoms with Gasteiger partial charge in [0.2, 0.25) is 0 Å². The summed E-state index contributed by atoms with van der Waals surface area (Å²) in [4.78, 5) is 38.6. The van der Waals surface area contributed by atoms with Crippen molar-refractivity contribution in [1.82, 2.24) is 4.90 Å². The van der Waals surface area contributed by atoms with Crippen LogP contribution in [0.25, 0.3) is 6.08 Å².